The number of nitrogens with two attached hydrogens (primary N) is 1. The van der Waals surface area contributed by atoms with Crippen LogP contribution in [-0.4, -0.2) is 15.1 Å². The molecule has 0 bridgehead atoms. The second kappa shape index (κ2) is 4.99. The van der Waals surface area contributed by atoms with E-state index in [-0.39, 0.29) is 23.5 Å². The van der Waals surface area contributed by atoms with Crippen LogP contribution in [0.4, 0.5) is 5.95 Å². The van der Waals surface area contributed by atoms with E-state index in [4.69, 9.17) is 27.2 Å². The van der Waals surface area contributed by atoms with Gasteiger partial charge < -0.3 is 15.6 Å². The molecule has 0 atom stereocenters. The van der Waals surface area contributed by atoms with Gasteiger partial charge in [0.05, 0.1) is 12.8 Å². The smallest absolute Gasteiger partial charge is 0.243 e. The molecular weight excluding hydrogens is 242 g/mol. The number of nitrogen functional groups attached to an aromatic ring is 1. The largest absolute Gasteiger partial charge is 0.437 e. The maximum Gasteiger partial charge on any atom is 0.243 e. The Morgan fingerprint density at radius 2 is 2.00 bits per heavy atom. The van der Waals surface area contributed by atoms with Gasteiger partial charge in [0.2, 0.25) is 11.8 Å². The summed E-state index contributed by atoms with van der Waals surface area (Å²) in [7, 11) is 0. The lowest BCUT2D eigenvalue weighted by Crippen LogP contribution is -1.97. The summed E-state index contributed by atoms with van der Waals surface area (Å²) in [6.07, 6.45) is 1.38. The molecule has 0 aliphatic carbocycles. The molecule has 0 fully saturated rings. The quantitative estimate of drug-likeness (QED) is 0.872. The normalized spacial score (nSPS) is 10.2. The van der Waals surface area contributed by atoms with Crippen LogP contribution in [0.2, 0.25) is 5.02 Å². The van der Waals surface area contributed by atoms with Crippen LogP contribution in [0.25, 0.3) is 0 Å². The van der Waals surface area contributed by atoms with Gasteiger partial charge in [-0.1, -0.05) is 23.7 Å². The number of nitrogens with zero attached hydrogens (tertiary/aromatic N) is 2. The number of aromatic nitrogens is 2. The first-order valence-corrected chi connectivity index (χ1v) is 5.22. The number of aliphatic hydroxyl groups excluding tert-OH is 1. The third-order valence-electron chi connectivity index (χ3n) is 2.05. The van der Waals surface area contributed by atoms with Crippen molar-refractivity contribution in [3.63, 3.8) is 0 Å². The number of halogens is 1. The van der Waals surface area contributed by atoms with E-state index in [0.29, 0.717) is 5.75 Å². The first-order valence-electron chi connectivity index (χ1n) is 4.84. The Hall–Kier alpha value is -1.85. The van der Waals surface area contributed by atoms with Gasteiger partial charge in [0.1, 0.15) is 10.8 Å². The van der Waals surface area contributed by atoms with Crippen LogP contribution in [0.15, 0.2) is 30.5 Å². The maximum atomic E-state index is 8.90. The average molecular weight is 252 g/mol. The highest BCUT2D eigenvalue weighted by atomic mass is 35.5. The molecule has 0 unspecified atom stereocenters. The highest BCUT2D eigenvalue weighted by Crippen LogP contribution is 2.26. The van der Waals surface area contributed by atoms with Crippen molar-refractivity contribution in [2.75, 3.05) is 5.73 Å². The number of anilines is 1. The molecule has 5 nitrogen and oxygen atoms in total. The number of rotatable bonds is 3. The molecule has 3 N–H and O–H groups in total. The van der Waals surface area contributed by atoms with Crippen LogP contribution >= 0.6 is 11.6 Å². The van der Waals surface area contributed by atoms with Crippen LogP contribution in [0, 0.1) is 0 Å². The van der Waals surface area contributed by atoms with Crippen molar-refractivity contribution in [3.05, 3.63) is 41.0 Å². The first-order chi connectivity index (χ1) is 8.19. The molecule has 1 aromatic heterocycles. The van der Waals surface area contributed by atoms with Crippen LogP contribution in [0.1, 0.15) is 5.56 Å². The predicted molar refractivity (Wildman–Crippen MR) is 63.9 cm³/mol. The van der Waals surface area contributed by atoms with Crippen molar-refractivity contribution >= 4 is 17.5 Å². The summed E-state index contributed by atoms with van der Waals surface area (Å²) in [5.74, 6) is 0.856. The van der Waals surface area contributed by atoms with Crippen molar-refractivity contribution in [1.82, 2.24) is 9.97 Å². The molecule has 1 aromatic carbocycles. The standard InChI is InChI=1S/C11H10ClN3O2/c12-9-5-14-11(13)15-10(9)17-8-3-1-7(6-16)2-4-8/h1-5,16H,6H2,(H2,13,14,15). The second-order valence-corrected chi connectivity index (χ2v) is 3.69. The molecule has 0 aliphatic rings. The zero-order valence-corrected chi connectivity index (χ0v) is 9.55. The number of aliphatic hydroxyl groups is 1. The van der Waals surface area contributed by atoms with Crippen LogP contribution in [0.3, 0.4) is 0 Å². The Morgan fingerprint density at radius 3 is 2.65 bits per heavy atom. The fraction of sp³-hybridized carbons (Fsp3) is 0.0909. The molecule has 2 rings (SSSR count). The number of benzene rings is 1. The molecule has 0 aliphatic heterocycles. The minimum absolute atomic E-state index is 0.0124. The van der Waals surface area contributed by atoms with E-state index in [9.17, 15) is 0 Å². The first kappa shape index (κ1) is 11.6. The van der Waals surface area contributed by atoms with Crippen LogP contribution in [-0.2, 0) is 6.61 Å². The second-order valence-electron chi connectivity index (χ2n) is 3.29. The summed E-state index contributed by atoms with van der Waals surface area (Å²) in [6.45, 7) is -0.0124. The Kier molecular flexibility index (Phi) is 3.41. The SMILES string of the molecule is Nc1ncc(Cl)c(Oc2ccc(CO)cc2)n1. The summed E-state index contributed by atoms with van der Waals surface area (Å²) in [5.41, 5.74) is 6.23. The minimum atomic E-state index is -0.0124. The minimum Gasteiger partial charge on any atom is -0.437 e. The molecule has 2 aromatic rings. The Bertz CT molecular complexity index is 517. The average Bonchev–Trinajstić information content (AvgIpc) is 2.35. The lowest BCUT2D eigenvalue weighted by Gasteiger charge is -2.06. The third-order valence-corrected chi connectivity index (χ3v) is 2.31. The Balaban J connectivity index is 2.22. The number of ether oxygens (including phenoxy) is 1. The van der Waals surface area contributed by atoms with Gasteiger partial charge in [-0.25, -0.2) is 4.98 Å². The maximum absolute atomic E-state index is 8.90. The van der Waals surface area contributed by atoms with Crippen molar-refractivity contribution < 1.29 is 9.84 Å². The summed E-state index contributed by atoms with van der Waals surface area (Å²) in [4.78, 5) is 7.60. The zero-order valence-electron chi connectivity index (χ0n) is 8.80. The highest BCUT2D eigenvalue weighted by molar-refractivity contribution is 6.31. The van der Waals surface area contributed by atoms with Crippen molar-refractivity contribution in [1.29, 1.82) is 0 Å². The van der Waals surface area contributed by atoms with Crippen LogP contribution in [0.5, 0.6) is 11.6 Å². The topological polar surface area (TPSA) is 81.3 Å². The van der Waals surface area contributed by atoms with Gasteiger partial charge in [0, 0.05) is 0 Å². The lowest BCUT2D eigenvalue weighted by molar-refractivity contribution is 0.281. The molecule has 1 heterocycles. The predicted octanol–water partition coefficient (Wildman–Crippen LogP) is 2.00. The fourth-order valence-electron chi connectivity index (χ4n) is 1.21. The van der Waals surface area contributed by atoms with E-state index >= 15 is 0 Å². The van der Waals surface area contributed by atoms with Crippen molar-refractivity contribution in [3.8, 4) is 11.6 Å². The molecule has 0 radical (unpaired) electrons. The van der Waals surface area contributed by atoms with Gasteiger partial charge in [0.15, 0.2) is 0 Å². The summed E-state index contributed by atoms with van der Waals surface area (Å²) < 4.78 is 5.44. The summed E-state index contributed by atoms with van der Waals surface area (Å²) in [6, 6.07) is 6.90. The molecular formula is C11H10ClN3O2. The van der Waals surface area contributed by atoms with Crippen molar-refractivity contribution in [2.45, 2.75) is 6.61 Å². The molecule has 88 valence electrons. The zero-order chi connectivity index (χ0) is 12.3. The van der Waals surface area contributed by atoms with E-state index < -0.39 is 0 Å². The summed E-state index contributed by atoms with van der Waals surface area (Å²) >= 11 is 5.86. The van der Waals surface area contributed by atoms with E-state index in [0.717, 1.165) is 5.56 Å². The third kappa shape index (κ3) is 2.83. The van der Waals surface area contributed by atoms with Crippen LogP contribution < -0.4 is 10.5 Å². The Labute approximate surface area is 103 Å². The molecule has 17 heavy (non-hydrogen) atoms. The van der Waals surface area contributed by atoms with Gasteiger partial charge in [-0.3, -0.25) is 0 Å². The van der Waals surface area contributed by atoms with E-state index in [2.05, 4.69) is 9.97 Å². The van der Waals surface area contributed by atoms with E-state index in [1.54, 1.807) is 24.3 Å². The molecule has 0 saturated carbocycles. The molecule has 6 heteroatoms. The Morgan fingerprint density at radius 1 is 1.29 bits per heavy atom. The number of hydrogen-bond acceptors (Lipinski definition) is 5. The monoisotopic (exact) mass is 251 g/mol. The highest BCUT2D eigenvalue weighted by Gasteiger charge is 2.06. The van der Waals surface area contributed by atoms with E-state index in [1.807, 2.05) is 0 Å². The van der Waals surface area contributed by atoms with Crippen molar-refractivity contribution in [2.24, 2.45) is 0 Å². The molecule has 0 saturated heterocycles. The van der Waals surface area contributed by atoms with Gasteiger partial charge >= 0.3 is 0 Å². The van der Waals surface area contributed by atoms with Gasteiger partial charge in [0.25, 0.3) is 0 Å². The molecule has 0 amide bonds. The van der Waals surface area contributed by atoms with Gasteiger partial charge in [-0.15, -0.1) is 0 Å². The lowest BCUT2D eigenvalue weighted by atomic mass is 10.2. The van der Waals surface area contributed by atoms with Gasteiger partial charge in [-0.05, 0) is 17.7 Å². The summed E-state index contributed by atoms with van der Waals surface area (Å²) in [5, 5.41) is 9.18. The van der Waals surface area contributed by atoms with E-state index in [1.165, 1.54) is 6.20 Å². The molecule has 0 spiro atoms. The fourth-order valence-corrected chi connectivity index (χ4v) is 1.34. The number of hydrogen-bond donors (Lipinski definition) is 2. The van der Waals surface area contributed by atoms with Gasteiger partial charge in [-0.2, -0.15) is 4.98 Å².